The Morgan fingerprint density at radius 2 is 1.86 bits per heavy atom. The molecule has 114 valence electrons. The summed E-state index contributed by atoms with van der Waals surface area (Å²) in [5.41, 5.74) is 3.42. The summed E-state index contributed by atoms with van der Waals surface area (Å²) in [6, 6.07) is 10.6. The van der Waals surface area contributed by atoms with Crippen molar-refractivity contribution in [1.82, 2.24) is 9.80 Å². The third kappa shape index (κ3) is 2.30. The summed E-state index contributed by atoms with van der Waals surface area (Å²) in [6.07, 6.45) is 2.27. The molecule has 4 nitrogen and oxygen atoms in total. The van der Waals surface area contributed by atoms with Gasteiger partial charge in [-0.25, -0.2) is 4.99 Å². The van der Waals surface area contributed by atoms with Crippen molar-refractivity contribution < 1.29 is 0 Å². The van der Waals surface area contributed by atoms with E-state index in [2.05, 4.69) is 64.1 Å². The summed E-state index contributed by atoms with van der Waals surface area (Å²) < 4.78 is 0. The molecule has 2 aliphatic rings. The van der Waals surface area contributed by atoms with Gasteiger partial charge in [0.05, 0.1) is 16.9 Å². The second-order valence-electron chi connectivity index (χ2n) is 5.97. The van der Waals surface area contributed by atoms with Gasteiger partial charge in [0.2, 0.25) is 0 Å². The molecule has 1 aromatic carbocycles. The van der Waals surface area contributed by atoms with Crippen LogP contribution in [0, 0.1) is 0 Å². The molecule has 22 heavy (non-hydrogen) atoms. The van der Waals surface area contributed by atoms with Gasteiger partial charge in [0, 0.05) is 32.2 Å². The zero-order valence-corrected chi connectivity index (χ0v) is 13.9. The number of nitrogens with zero attached hydrogens (tertiary/aromatic N) is 3. The monoisotopic (exact) mass is 313 g/mol. The Morgan fingerprint density at radius 3 is 2.68 bits per heavy atom. The first kappa shape index (κ1) is 13.8. The van der Waals surface area contributed by atoms with Gasteiger partial charge in [-0.1, -0.05) is 12.1 Å². The number of thiophene rings is 1. The van der Waals surface area contributed by atoms with Crippen LogP contribution in [0.1, 0.15) is 5.56 Å². The first-order valence-electron chi connectivity index (χ1n) is 7.68. The fourth-order valence-electron chi connectivity index (χ4n) is 3.04. The zero-order chi connectivity index (χ0) is 15.1. The van der Waals surface area contributed by atoms with E-state index >= 15 is 0 Å². The van der Waals surface area contributed by atoms with Crippen LogP contribution in [0.15, 0.2) is 40.7 Å². The second kappa shape index (κ2) is 5.41. The molecular weight excluding hydrogens is 292 g/mol. The van der Waals surface area contributed by atoms with Crippen molar-refractivity contribution in [3.05, 3.63) is 41.3 Å². The number of aryl methyl sites for hydroxylation is 1. The number of benzene rings is 1. The number of amidine groups is 1. The van der Waals surface area contributed by atoms with Crippen molar-refractivity contribution in [2.75, 3.05) is 38.5 Å². The molecule has 0 radical (unpaired) electrons. The number of piperazine rings is 1. The topological polar surface area (TPSA) is 30.9 Å². The van der Waals surface area contributed by atoms with Gasteiger partial charge in [0.15, 0.2) is 0 Å². The molecule has 2 aliphatic heterocycles. The molecule has 1 saturated heterocycles. The third-order valence-electron chi connectivity index (χ3n) is 4.43. The first-order chi connectivity index (χ1) is 10.7. The molecule has 0 aliphatic carbocycles. The Kier molecular flexibility index (Phi) is 3.39. The summed E-state index contributed by atoms with van der Waals surface area (Å²) in [6.45, 7) is 4.27. The largest absolute Gasteiger partial charge is 0.353 e. The molecule has 0 spiro atoms. The lowest BCUT2D eigenvalue weighted by Gasteiger charge is -2.34. The number of hydrogen-bond acceptors (Lipinski definition) is 4. The highest BCUT2D eigenvalue weighted by atomic mass is 32.2. The summed E-state index contributed by atoms with van der Waals surface area (Å²) >= 11 is 0. The van der Waals surface area contributed by atoms with E-state index in [9.17, 15) is 0 Å². The van der Waals surface area contributed by atoms with Gasteiger partial charge >= 0.3 is 0 Å². The van der Waals surface area contributed by atoms with E-state index in [1.54, 1.807) is 0 Å². The van der Waals surface area contributed by atoms with Crippen molar-refractivity contribution in [2.24, 2.45) is 11.2 Å². The van der Waals surface area contributed by atoms with E-state index in [1.807, 2.05) is 0 Å². The van der Waals surface area contributed by atoms with Crippen LogP contribution >= 0.6 is 10.5 Å². The number of hydrogen-bond donors (Lipinski definition) is 1. The van der Waals surface area contributed by atoms with Gasteiger partial charge in [-0.2, -0.15) is 0 Å². The minimum atomic E-state index is 0.130. The quantitative estimate of drug-likeness (QED) is 0.757. The smallest absolute Gasteiger partial charge is 0.255 e. The Balaban J connectivity index is 1.82. The molecule has 0 bridgehead atoms. The maximum Gasteiger partial charge on any atom is 0.255 e. The molecule has 1 aromatic heterocycles. The highest BCUT2D eigenvalue weighted by molar-refractivity contribution is 7.32. The van der Waals surface area contributed by atoms with Crippen molar-refractivity contribution in [3.8, 4) is 0 Å². The number of nitrogens with one attached hydrogen (secondary N) is 1. The fraction of sp³-hybridized carbons (Fsp3) is 0.353. The van der Waals surface area contributed by atoms with Crippen molar-refractivity contribution in [1.29, 1.82) is 0 Å². The first-order valence-corrected chi connectivity index (χ1v) is 9.38. The molecule has 3 heterocycles. The Hall–Kier alpha value is -1.85. The normalized spacial score (nSPS) is 18.9. The summed E-state index contributed by atoms with van der Waals surface area (Å²) in [5, 5.41) is 7.22. The van der Waals surface area contributed by atoms with Crippen LogP contribution in [0.4, 0.5) is 16.4 Å². The lowest BCUT2D eigenvalue weighted by atomic mass is 10.2. The van der Waals surface area contributed by atoms with Gasteiger partial charge in [0.1, 0.15) is 17.5 Å². The van der Waals surface area contributed by atoms with Crippen LogP contribution in [0.3, 0.4) is 0 Å². The van der Waals surface area contributed by atoms with Crippen LogP contribution in [0.2, 0.25) is 0 Å². The minimum absolute atomic E-state index is 0.130. The molecule has 1 fully saturated rings. The Labute approximate surface area is 134 Å². The molecule has 1 N–H and O–H groups in total. The number of aliphatic imine (C=N–C) groups is 1. The van der Waals surface area contributed by atoms with Gasteiger partial charge in [0.25, 0.3) is 5.00 Å². The van der Waals surface area contributed by atoms with Gasteiger partial charge in [-0.3, -0.25) is 0 Å². The summed E-state index contributed by atoms with van der Waals surface area (Å²) in [7, 11) is 2.32. The maximum atomic E-state index is 5.02. The third-order valence-corrected chi connectivity index (χ3v) is 5.94. The van der Waals surface area contributed by atoms with Crippen LogP contribution in [-0.2, 0) is 6.26 Å². The molecule has 1 unspecified atom stereocenters. The average molecular weight is 313 g/mol. The minimum Gasteiger partial charge on any atom is -0.353 e. The molecule has 0 saturated carbocycles. The predicted molar refractivity (Wildman–Crippen MR) is 94.9 cm³/mol. The van der Waals surface area contributed by atoms with Crippen molar-refractivity contribution in [2.45, 2.75) is 0 Å². The van der Waals surface area contributed by atoms with Gasteiger partial charge in [-0.05, 0) is 29.7 Å². The van der Waals surface area contributed by atoms with Crippen LogP contribution in [-0.4, -0.2) is 48.9 Å². The SMILES string of the molecule is CN1CCN(C2=Nc3ccccc3Nc3c2cc[s+]3C)CC1. The number of likely N-dealkylation sites (N-methyl/N-ethyl adjacent to an activating group) is 1. The van der Waals surface area contributed by atoms with E-state index in [0.717, 1.165) is 43.4 Å². The lowest BCUT2D eigenvalue weighted by molar-refractivity contribution is 0.216. The average Bonchev–Trinajstić information content (AvgIpc) is 2.80. The van der Waals surface area contributed by atoms with E-state index in [-0.39, 0.29) is 10.5 Å². The standard InChI is InChI=1S/C17H21N4S/c1-20-8-10-21(11-9-20)16-13-7-12-22(2)17(13)19-15-6-4-3-5-14(15)18-16/h3-7,12,19H,8-11H2,1-2H3/q+1. The highest BCUT2D eigenvalue weighted by Crippen LogP contribution is 2.41. The van der Waals surface area contributed by atoms with Gasteiger partial charge < -0.3 is 15.1 Å². The van der Waals surface area contributed by atoms with Crippen LogP contribution in [0.25, 0.3) is 0 Å². The molecule has 0 amide bonds. The highest BCUT2D eigenvalue weighted by Gasteiger charge is 2.29. The molecule has 2 aromatic rings. The van der Waals surface area contributed by atoms with E-state index < -0.39 is 0 Å². The number of fused-ring (bicyclic) bond motifs is 2. The second-order valence-corrected chi connectivity index (χ2v) is 7.77. The molecular formula is C17H21N4S+. The van der Waals surface area contributed by atoms with E-state index in [4.69, 9.17) is 4.99 Å². The van der Waals surface area contributed by atoms with E-state index in [0.29, 0.717) is 0 Å². The van der Waals surface area contributed by atoms with Crippen LogP contribution < -0.4 is 5.32 Å². The maximum absolute atomic E-state index is 5.02. The molecule has 5 heteroatoms. The summed E-state index contributed by atoms with van der Waals surface area (Å²) in [4.78, 5) is 9.84. The van der Waals surface area contributed by atoms with Crippen LogP contribution in [0.5, 0.6) is 0 Å². The molecule has 4 rings (SSSR count). The zero-order valence-electron chi connectivity index (χ0n) is 13.0. The van der Waals surface area contributed by atoms with Crippen molar-refractivity contribution in [3.63, 3.8) is 0 Å². The predicted octanol–water partition coefficient (Wildman–Crippen LogP) is 3.36. The van der Waals surface area contributed by atoms with Crippen molar-refractivity contribution >= 4 is 32.7 Å². The lowest BCUT2D eigenvalue weighted by Crippen LogP contribution is -2.47. The Bertz CT molecular complexity index is 726. The summed E-state index contributed by atoms with van der Waals surface area (Å²) in [5.74, 6) is 1.13. The Morgan fingerprint density at radius 1 is 1.09 bits per heavy atom. The van der Waals surface area contributed by atoms with E-state index in [1.165, 1.54) is 10.6 Å². The number of para-hydroxylation sites is 2. The molecule has 1 atom stereocenters. The van der Waals surface area contributed by atoms with Gasteiger partial charge in [-0.15, -0.1) is 0 Å². The number of rotatable bonds is 0. The number of anilines is 2. The fourth-order valence-corrected chi connectivity index (χ4v) is 4.30.